The predicted molar refractivity (Wildman–Crippen MR) is 63.9 cm³/mol. The van der Waals surface area contributed by atoms with Crippen molar-refractivity contribution in [2.24, 2.45) is 4.99 Å². The number of rotatable bonds is 1. The molecule has 0 saturated heterocycles. The highest BCUT2D eigenvalue weighted by Crippen LogP contribution is 2.33. The van der Waals surface area contributed by atoms with Gasteiger partial charge in [-0.05, 0) is 36.1 Å². The summed E-state index contributed by atoms with van der Waals surface area (Å²) in [7, 11) is 0. The van der Waals surface area contributed by atoms with Crippen LogP contribution in [0.5, 0.6) is 0 Å². The summed E-state index contributed by atoms with van der Waals surface area (Å²) < 4.78 is 5.37. The van der Waals surface area contributed by atoms with Crippen molar-refractivity contribution < 1.29 is 4.74 Å². The molecule has 2 aliphatic rings. The molecule has 0 radical (unpaired) electrons. The molecule has 84 valence electrons. The van der Waals surface area contributed by atoms with Gasteiger partial charge in [-0.2, -0.15) is 0 Å². The number of fused-ring (bicyclic) bond motifs is 1. The number of aryl methyl sites for hydroxylation is 1. The Labute approximate surface area is 99.5 Å². The van der Waals surface area contributed by atoms with E-state index in [1.54, 1.807) is 0 Å². The Hall–Kier alpha value is -1.22. The minimum absolute atomic E-state index is 0.297. The van der Waals surface area contributed by atoms with Crippen molar-refractivity contribution in [1.29, 1.82) is 0 Å². The number of amidine groups is 1. The van der Waals surface area contributed by atoms with Crippen LogP contribution in [-0.4, -0.2) is 19.2 Å². The van der Waals surface area contributed by atoms with Crippen LogP contribution in [0.15, 0.2) is 23.2 Å². The number of aliphatic imine (C=N–C) groups is 1. The van der Waals surface area contributed by atoms with E-state index in [2.05, 4.69) is 16.4 Å². The fourth-order valence-electron chi connectivity index (χ4n) is 2.29. The third-order valence-corrected chi connectivity index (χ3v) is 3.30. The molecule has 0 spiro atoms. The molecule has 1 unspecified atom stereocenters. The van der Waals surface area contributed by atoms with E-state index in [0.29, 0.717) is 18.7 Å². The van der Waals surface area contributed by atoms with Gasteiger partial charge < -0.3 is 10.1 Å². The molecule has 0 aromatic heterocycles. The summed E-state index contributed by atoms with van der Waals surface area (Å²) >= 11 is 6.02. The standard InChI is InChI=1S/C12H13ClN2O/c13-9-3-1-8-2-4-11(10(8)7-9)15-12-14-5-6-16-12/h1,3,7,11H,2,4-6H2,(H,14,15). The molecule has 1 atom stereocenters. The van der Waals surface area contributed by atoms with Gasteiger partial charge in [-0.1, -0.05) is 17.7 Å². The zero-order chi connectivity index (χ0) is 11.0. The van der Waals surface area contributed by atoms with Crippen molar-refractivity contribution in [2.75, 3.05) is 13.2 Å². The molecule has 1 aliphatic carbocycles. The monoisotopic (exact) mass is 236 g/mol. The number of nitrogens with one attached hydrogen (secondary N) is 1. The zero-order valence-corrected chi connectivity index (χ0v) is 9.63. The van der Waals surface area contributed by atoms with E-state index in [1.807, 2.05) is 12.1 Å². The molecule has 1 heterocycles. The van der Waals surface area contributed by atoms with Gasteiger partial charge in [0.2, 0.25) is 0 Å². The Balaban J connectivity index is 1.82. The molecule has 3 nitrogen and oxygen atoms in total. The minimum Gasteiger partial charge on any atom is -0.463 e. The molecule has 0 saturated carbocycles. The van der Waals surface area contributed by atoms with Crippen molar-refractivity contribution in [3.8, 4) is 0 Å². The van der Waals surface area contributed by atoms with Gasteiger partial charge in [0.1, 0.15) is 6.61 Å². The van der Waals surface area contributed by atoms with E-state index in [1.165, 1.54) is 11.1 Å². The van der Waals surface area contributed by atoms with Crippen molar-refractivity contribution in [2.45, 2.75) is 18.9 Å². The van der Waals surface area contributed by atoms with E-state index < -0.39 is 0 Å². The number of hydrogen-bond donors (Lipinski definition) is 1. The first-order valence-corrected chi connectivity index (χ1v) is 5.93. The van der Waals surface area contributed by atoms with Crippen molar-refractivity contribution in [1.82, 2.24) is 5.32 Å². The van der Waals surface area contributed by atoms with Gasteiger partial charge in [0.05, 0.1) is 12.6 Å². The highest BCUT2D eigenvalue weighted by atomic mass is 35.5. The lowest BCUT2D eigenvalue weighted by Crippen LogP contribution is -2.27. The average Bonchev–Trinajstić information content (AvgIpc) is 2.90. The molecule has 1 N–H and O–H groups in total. The molecule has 0 amide bonds. The molecular weight excluding hydrogens is 224 g/mol. The molecule has 0 fully saturated rings. The topological polar surface area (TPSA) is 33.6 Å². The van der Waals surface area contributed by atoms with Crippen LogP contribution in [0.25, 0.3) is 0 Å². The highest BCUT2D eigenvalue weighted by molar-refractivity contribution is 6.30. The number of hydrogen-bond acceptors (Lipinski definition) is 3. The van der Waals surface area contributed by atoms with Crippen molar-refractivity contribution >= 4 is 17.6 Å². The fourth-order valence-corrected chi connectivity index (χ4v) is 2.48. The van der Waals surface area contributed by atoms with Gasteiger partial charge in [-0.25, -0.2) is 4.99 Å². The fraction of sp³-hybridized carbons (Fsp3) is 0.417. The van der Waals surface area contributed by atoms with E-state index in [9.17, 15) is 0 Å². The number of ether oxygens (including phenoxy) is 1. The number of nitrogens with zero attached hydrogens (tertiary/aromatic N) is 1. The SMILES string of the molecule is Clc1ccc2c(c1)C(NC1=NCCO1)CC2. The Bertz CT molecular complexity index is 445. The van der Waals surface area contributed by atoms with E-state index in [4.69, 9.17) is 16.3 Å². The maximum absolute atomic E-state index is 6.02. The molecule has 3 rings (SSSR count). The summed E-state index contributed by atoms with van der Waals surface area (Å²) in [6.07, 6.45) is 2.18. The van der Waals surface area contributed by atoms with Crippen LogP contribution in [0, 0.1) is 0 Å². The molecule has 4 heteroatoms. The summed E-state index contributed by atoms with van der Waals surface area (Å²) in [5.74, 6) is 0. The normalized spacial score (nSPS) is 22.6. The lowest BCUT2D eigenvalue weighted by atomic mass is 10.1. The second-order valence-corrected chi connectivity index (χ2v) is 4.55. The Morgan fingerprint density at radius 3 is 3.19 bits per heavy atom. The minimum atomic E-state index is 0.297. The zero-order valence-electron chi connectivity index (χ0n) is 8.87. The average molecular weight is 237 g/mol. The van der Waals surface area contributed by atoms with Crippen LogP contribution in [0.3, 0.4) is 0 Å². The third-order valence-electron chi connectivity index (χ3n) is 3.07. The lowest BCUT2D eigenvalue weighted by Gasteiger charge is -2.14. The second kappa shape index (κ2) is 3.98. The van der Waals surface area contributed by atoms with E-state index >= 15 is 0 Å². The van der Waals surface area contributed by atoms with Gasteiger partial charge in [-0.15, -0.1) is 0 Å². The van der Waals surface area contributed by atoms with Crippen LogP contribution in [0.2, 0.25) is 5.02 Å². The smallest absolute Gasteiger partial charge is 0.285 e. The molecular formula is C12H13ClN2O. The molecule has 16 heavy (non-hydrogen) atoms. The first-order chi connectivity index (χ1) is 7.83. The maximum Gasteiger partial charge on any atom is 0.285 e. The van der Waals surface area contributed by atoms with E-state index in [-0.39, 0.29) is 0 Å². The van der Waals surface area contributed by atoms with Gasteiger partial charge >= 0.3 is 0 Å². The Morgan fingerprint density at radius 2 is 2.38 bits per heavy atom. The lowest BCUT2D eigenvalue weighted by molar-refractivity contribution is 0.325. The van der Waals surface area contributed by atoms with Gasteiger partial charge in [0, 0.05) is 5.02 Å². The number of benzene rings is 1. The van der Waals surface area contributed by atoms with Crippen LogP contribution in [0.1, 0.15) is 23.6 Å². The summed E-state index contributed by atoms with van der Waals surface area (Å²) in [4.78, 5) is 4.24. The largest absolute Gasteiger partial charge is 0.463 e. The Morgan fingerprint density at radius 1 is 1.44 bits per heavy atom. The molecule has 1 aromatic rings. The summed E-state index contributed by atoms with van der Waals surface area (Å²) in [5.41, 5.74) is 2.66. The van der Waals surface area contributed by atoms with Crippen LogP contribution in [0.4, 0.5) is 0 Å². The first-order valence-electron chi connectivity index (χ1n) is 5.55. The van der Waals surface area contributed by atoms with Crippen LogP contribution >= 0.6 is 11.6 Å². The molecule has 0 bridgehead atoms. The summed E-state index contributed by atoms with van der Waals surface area (Å²) in [5, 5.41) is 4.12. The second-order valence-electron chi connectivity index (χ2n) is 4.11. The van der Waals surface area contributed by atoms with E-state index in [0.717, 1.165) is 24.4 Å². The molecule has 1 aromatic carbocycles. The maximum atomic E-state index is 6.02. The first kappa shape index (κ1) is 9.97. The van der Waals surface area contributed by atoms with Crippen LogP contribution < -0.4 is 5.32 Å². The van der Waals surface area contributed by atoms with Gasteiger partial charge in [0.25, 0.3) is 6.02 Å². The summed E-state index contributed by atoms with van der Waals surface area (Å²) in [6, 6.07) is 7.07. The van der Waals surface area contributed by atoms with Crippen molar-refractivity contribution in [3.05, 3.63) is 34.3 Å². The number of halogens is 1. The predicted octanol–water partition coefficient (Wildman–Crippen LogP) is 2.30. The van der Waals surface area contributed by atoms with Gasteiger partial charge in [0.15, 0.2) is 0 Å². The summed E-state index contributed by atoms with van der Waals surface area (Å²) in [6.45, 7) is 1.45. The van der Waals surface area contributed by atoms with Crippen LogP contribution in [-0.2, 0) is 11.2 Å². The Kier molecular flexibility index (Phi) is 2.48. The van der Waals surface area contributed by atoms with Crippen molar-refractivity contribution in [3.63, 3.8) is 0 Å². The van der Waals surface area contributed by atoms with Gasteiger partial charge in [-0.3, -0.25) is 0 Å². The molecule has 1 aliphatic heterocycles. The highest BCUT2D eigenvalue weighted by Gasteiger charge is 2.24. The quantitative estimate of drug-likeness (QED) is 0.812. The third kappa shape index (κ3) is 1.76.